The van der Waals surface area contributed by atoms with E-state index in [2.05, 4.69) is 0 Å². The summed E-state index contributed by atoms with van der Waals surface area (Å²) in [6, 6.07) is 0. The maximum Gasteiger partial charge on any atom is 0.162 e. The molecule has 0 radical (unpaired) electrons. The lowest BCUT2D eigenvalue weighted by Crippen LogP contribution is -2.32. The number of sulfone groups is 1. The number of hydrogen-bond donors (Lipinski definition) is 0. The number of carbonyl (C=O) groups is 1. The van der Waals surface area contributed by atoms with E-state index in [4.69, 9.17) is 0 Å². The maximum absolute atomic E-state index is 11.8. The topological polar surface area (TPSA) is 51.2 Å². The molecule has 76 valence electrons. The van der Waals surface area contributed by atoms with Crippen LogP contribution in [0.3, 0.4) is 0 Å². The lowest BCUT2D eigenvalue weighted by atomic mass is 10.3. The van der Waals surface area contributed by atoms with Crippen LogP contribution in [0.1, 0.15) is 39.5 Å². The average Bonchev–Trinajstić information content (AvgIpc) is 2.50. The zero-order valence-electron chi connectivity index (χ0n) is 8.12. The monoisotopic (exact) mass is 204 g/mol. The molecule has 1 aliphatic rings. The third kappa shape index (κ3) is 1.93. The highest BCUT2D eigenvalue weighted by atomic mass is 32.2. The molecule has 1 aliphatic carbocycles. The van der Waals surface area contributed by atoms with Crippen molar-refractivity contribution in [2.45, 2.75) is 50.0 Å². The van der Waals surface area contributed by atoms with Crippen LogP contribution in [-0.2, 0) is 14.6 Å². The molecule has 0 spiro atoms. The van der Waals surface area contributed by atoms with Crippen LogP contribution in [0.5, 0.6) is 0 Å². The summed E-state index contributed by atoms with van der Waals surface area (Å²) in [7, 11) is -3.19. The Morgan fingerprint density at radius 1 is 1.54 bits per heavy atom. The highest BCUT2D eigenvalue weighted by molar-refractivity contribution is 7.93. The van der Waals surface area contributed by atoms with Gasteiger partial charge in [-0.1, -0.05) is 6.92 Å². The predicted molar refractivity (Wildman–Crippen MR) is 51.3 cm³/mol. The van der Waals surface area contributed by atoms with Crippen molar-refractivity contribution in [2.75, 3.05) is 0 Å². The normalized spacial score (nSPS) is 26.3. The van der Waals surface area contributed by atoms with Crippen molar-refractivity contribution in [3.8, 4) is 0 Å². The van der Waals surface area contributed by atoms with Gasteiger partial charge in [0, 0.05) is 6.42 Å². The van der Waals surface area contributed by atoms with Crippen LogP contribution < -0.4 is 0 Å². The third-order valence-corrected chi connectivity index (χ3v) is 5.53. The molecule has 2 atom stereocenters. The van der Waals surface area contributed by atoms with E-state index < -0.39 is 15.1 Å². The number of ketones is 1. The van der Waals surface area contributed by atoms with E-state index in [1.807, 2.05) is 6.92 Å². The van der Waals surface area contributed by atoms with Crippen molar-refractivity contribution in [2.24, 2.45) is 0 Å². The van der Waals surface area contributed by atoms with Gasteiger partial charge in [0.15, 0.2) is 15.6 Å². The van der Waals surface area contributed by atoms with Crippen molar-refractivity contribution in [1.29, 1.82) is 0 Å². The van der Waals surface area contributed by atoms with Gasteiger partial charge in [-0.05, 0) is 26.2 Å². The minimum Gasteiger partial charge on any atom is -0.298 e. The Morgan fingerprint density at radius 2 is 2.15 bits per heavy atom. The van der Waals surface area contributed by atoms with Gasteiger partial charge in [0.2, 0.25) is 0 Å². The van der Waals surface area contributed by atoms with E-state index in [0.29, 0.717) is 19.3 Å². The summed E-state index contributed by atoms with van der Waals surface area (Å²) in [5, 5.41) is -1.07. The molecule has 13 heavy (non-hydrogen) atoms. The van der Waals surface area contributed by atoms with E-state index in [1.54, 1.807) is 6.92 Å². The van der Waals surface area contributed by atoms with E-state index >= 15 is 0 Å². The Balaban J connectivity index is 2.86. The van der Waals surface area contributed by atoms with Crippen LogP contribution in [0, 0.1) is 0 Å². The van der Waals surface area contributed by atoms with Crippen molar-refractivity contribution in [3.05, 3.63) is 0 Å². The van der Waals surface area contributed by atoms with E-state index in [9.17, 15) is 13.2 Å². The first kappa shape index (κ1) is 10.7. The first-order valence-electron chi connectivity index (χ1n) is 4.75. The molecule has 1 saturated carbocycles. The fourth-order valence-corrected chi connectivity index (χ4v) is 3.65. The zero-order chi connectivity index (χ0) is 10.1. The Bertz CT molecular complexity index is 292. The fourth-order valence-electron chi connectivity index (χ4n) is 1.64. The average molecular weight is 204 g/mol. The van der Waals surface area contributed by atoms with Gasteiger partial charge >= 0.3 is 0 Å². The molecular formula is C9H16O3S. The SMILES string of the molecule is CCC(C)S(=O)(=O)C1CCCC1=O. The van der Waals surface area contributed by atoms with Gasteiger partial charge in [-0.25, -0.2) is 8.42 Å². The molecule has 0 amide bonds. The van der Waals surface area contributed by atoms with Gasteiger partial charge in [-0.2, -0.15) is 0 Å². The largest absolute Gasteiger partial charge is 0.298 e. The van der Waals surface area contributed by atoms with Gasteiger partial charge in [0.25, 0.3) is 0 Å². The number of carbonyl (C=O) groups excluding carboxylic acids is 1. The molecule has 1 rings (SSSR count). The molecular weight excluding hydrogens is 188 g/mol. The number of rotatable bonds is 3. The van der Waals surface area contributed by atoms with Gasteiger partial charge in [-0.15, -0.1) is 0 Å². The van der Waals surface area contributed by atoms with E-state index in [-0.39, 0.29) is 11.0 Å². The van der Waals surface area contributed by atoms with Gasteiger partial charge in [0.05, 0.1) is 5.25 Å². The fraction of sp³-hybridized carbons (Fsp3) is 0.889. The highest BCUT2D eigenvalue weighted by Crippen LogP contribution is 2.25. The van der Waals surface area contributed by atoms with Crippen LogP contribution in [0.25, 0.3) is 0 Å². The second-order valence-electron chi connectivity index (χ2n) is 3.66. The Labute approximate surface area is 79.4 Å². The Kier molecular flexibility index (Phi) is 3.11. The summed E-state index contributed by atoms with van der Waals surface area (Å²) in [5.74, 6) is -0.0831. The molecule has 0 heterocycles. The Hall–Kier alpha value is -0.380. The number of hydrogen-bond acceptors (Lipinski definition) is 3. The standard InChI is InChI=1S/C9H16O3S/c1-3-7(2)13(11,12)9-6-4-5-8(9)10/h7,9H,3-6H2,1-2H3. The van der Waals surface area contributed by atoms with Crippen LogP contribution in [-0.4, -0.2) is 24.7 Å². The molecule has 0 aromatic heterocycles. The van der Waals surface area contributed by atoms with Crippen molar-refractivity contribution in [3.63, 3.8) is 0 Å². The molecule has 0 N–H and O–H groups in total. The molecule has 0 bridgehead atoms. The molecule has 0 aliphatic heterocycles. The van der Waals surface area contributed by atoms with E-state index in [0.717, 1.165) is 6.42 Å². The molecule has 4 heteroatoms. The van der Waals surface area contributed by atoms with Crippen LogP contribution in [0.2, 0.25) is 0 Å². The second-order valence-corrected chi connectivity index (χ2v) is 6.21. The van der Waals surface area contributed by atoms with Crippen molar-refractivity contribution in [1.82, 2.24) is 0 Å². The smallest absolute Gasteiger partial charge is 0.162 e. The van der Waals surface area contributed by atoms with Crippen molar-refractivity contribution < 1.29 is 13.2 Å². The Morgan fingerprint density at radius 3 is 2.54 bits per heavy atom. The zero-order valence-corrected chi connectivity index (χ0v) is 8.93. The van der Waals surface area contributed by atoms with Crippen molar-refractivity contribution >= 4 is 15.6 Å². The first-order chi connectivity index (χ1) is 6.00. The van der Waals surface area contributed by atoms with Crippen LogP contribution in [0.4, 0.5) is 0 Å². The highest BCUT2D eigenvalue weighted by Gasteiger charge is 2.38. The molecule has 1 fully saturated rings. The molecule has 0 aromatic carbocycles. The molecule has 3 nitrogen and oxygen atoms in total. The minimum atomic E-state index is -3.19. The van der Waals surface area contributed by atoms with Crippen LogP contribution in [0.15, 0.2) is 0 Å². The van der Waals surface area contributed by atoms with Gasteiger partial charge < -0.3 is 0 Å². The van der Waals surface area contributed by atoms with E-state index in [1.165, 1.54) is 0 Å². The maximum atomic E-state index is 11.8. The second kappa shape index (κ2) is 3.78. The summed E-state index contributed by atoms with van der Waals surface area (Å²) in [6.07, 6.45) is 2.30. The summed E-state index contributed by atoms with van der Waals surface area (Å²) >= 11 is 0. The summed E-state index contributed by atoms with van der Waals surface area (Å²) < 4.78 is 23.5. The third-order valence-electron chi connectivity index (χ3n) is 2.78. The summed E-state index contributed by atoms with van der Waals surface area (Å²) in [5.41, 5.74) is 0. The summed E-state index contributed by atoms with van der Waals surface area (Å²) in [6.45, 7) is 3.52. The molecule has 2 unspecified atom stereocenters. The lowest BCUT2D eigenvalue weighted by Gasteiger charge is -2.14. The summed E-state index contributed by atoms with van der Waals surface area (Å²) in [4.78, 5) is 11.3. The minimum absolute atomic E-state index is 0.0831. The van der Waals surface area contributed by atoms with Gasteiger partial charge in [0.1, 0.15) is 5.25 Å². The lowest BCUT2D eigenvalue weighted by molar-refractivity contribution is -0.117. The molecule has 0 aromatic rings. The first-order valence-corrected chi connectivity index (χ1v) is 6.36. The van der Waals surface area contributed by atoms with Gasteiger partial charge in [-0.3, -0.25) is 4.79 Å². The predicted octanol–water partition coefficient (Wildman–Crippen LogP) is 1.32. The quantitative estimate of drug-likeness (QED) is 0.696. The van der Waals surface area contributed by atoms with Crippen LogP contribution >= 0.6 is 0 Å². The molecule has 0 saturated heterocycles. The number of Topliss-reactive ketones (excluding diaryl/α,β-unsaturated/α-hetero) is 1.